The molecule has 4 nitrogen and oxygen atoms in total. The topological polar surface area (TPSA) is 58.9 Å². The third-order valence-electron chi connectivity index (χ3n) is 3.40. The van der Waals surface area contributed by atoms with Gasteiger partial charge in [0.2, 0.25) is 5.58 Å². The summed E-state index contributed by atoms with van der Waals surface area (Å²) in [4.78, 5) is 19.6. The number of furan rings is 1. The molecule has 0 saturated carbocycles. The van der Waals surface area contributed by atoms with Crippen LogP contribution in [0, 0.1) is 0 Å². The Balaban J connectivity index is 2.06. The molecule has 4 rings (SSSR count). The fraction of sp³-hybridized carbons (Fsp3) is 0. The van der Waals surface area contributed by atoms with Crippen molar-refractivity contribution in [3.8, 4) is 11.4 Å². The summed E-state index contributed by atoms with van der Waals surface area (Å²) < 4.78 is 6.50. The van der Waals surface area contributed by atoms with Gasteiger partial charge in [-0.2, -0.15) is 0 Å². The van der Waals surface area contributed by atoms with Gasteiger partial charge in [0.25, 0.3) is 5.56 Å². The van der Waals surface area contributed by atoms with Crippen molar-refractivity contribution in [3.63, 3.8) is 0 Å². The van der Waals surface area contributed by atoms with Crippen molar-refractivity contribution in [2.45, 2.75) is 0 Å². The van der Waals surface area contributed by atoms with Gasteiger partial charge in [-0.25, -0.2) is 4.98 Å². The Hall–Kier alpha value is -2.11. The van der Waals surface area contributed by atoms with Crippen molar-refractivity contribution in [1.82, 2.24) is 9.97 Å². The van der Waals surface area contributed by atoms with E-state index in [1.807, 2.05) is 30.3 Å². The number of hydrogen-bond donors (Lipinski definition) is 1. The molecule has 22 heavy (non-hydrogen) atoms. The molecule has 6 heteroatoms. The van der Waals surface area contributed by atoms with Crippen molar-refractivity contribution in [3.05, 3.63) is 62.3 Å². The van der Waals surface area contributed by atoms with E-state index in [1.54, 1.807) is 12.1 Å². The van der Waals surface area contributed by atoms with E-state index in [4.69, 9.17) is 16.0 Å². The number of nitrogens with one attached hydrogen (secondary N) is 1. The first-order valence-corrected chi connectivity index (χ1v) is 7.67. The summed E-state index contributed by atoms with van der Waals surface area (Å²) in [6, 6.07) is 12.7. The zero-order valence-corrected chi connectivity index (χ0v) is 13.4. The molecule has 1 N–H and O–H groups in total. The first kappa shape index (κ1) is 13.5. The quantitative estimate of drug-likeness (QED) is 0.522. The Morgan fingerprint density at radius 2 is 1.91 bits per heavy atom. The van der Waals surface area contributed by atoms with Crippen LogP contribution < -0.4 is 5.56 Å². The summed E-state index contributed by atoms with van der Waals surface area (Å²) >= 11 is 9.31. The molecule has 0 fully saturated rings. The summed E-state index contributed by atoms with van der Waals surface area (Å²) in [5, 5.41) is 1.43. The normalized spacial score (nSPS) is 11.4. The maximum absolute atomic E-state index is 12.3. The monoisotopic (exact) mass is 374 g/mol. The van der Waals surface area contributed by atoms with E-state index >= 15 is 0 Å². The van der Waals surface area contributed by atoms with Gasteiger partial charge >= 0.3 is 0 Å². The van der Waals surface area contributed by atoms with E-state index in [2.05, 4.69) is 25.9 Å². The lowest BCUT2D eigenvalue weighted by molar-refractivity contribution is 0.661. The van der Waals surface area contributed by atoms with Crippen LogP contribution in [-0.2, 0) is 0 Å². The Morgan fingerprint density at radius 1 is 1.14 bits per heavy atom. The molecule has 0 spiro atoms. The SMILES string of the molecule is O=c1[nH]c(-c2ccc(Cl)cc2)nc2c1oc1ccc(Br)cc12. The Labute approximate surface area is 137 Å². The molecule has 2 heterocycles. The third kappa shape index (κ3) is 2.14. The minimum Gasteiger partial charge on any atom is -0.449 e. The second kappa shape index (κ2) is 4.97. The number of nitrogens with zero attached hydrogens (tertiary/aromatic N) is 1. The molecule has 2 aromatic heterocycles. The minimum absolute atomic E-state index is 0.228. The molecule has 0 bridgehead atoms. The number of H-pyrrole nitrogens is 1. The van der Waals surface area contributed by atoms with Crippen LogP contribution in [0.1, 0.15) is 0 Å². The van der Waals surface area contributed by atoms with Gasteiger partial charge in [0.1, 0.15) is 16.9 Å². The molecule has 0 radical (unpaired) electrons. The second-order valence-corrected chi connectivity index (χ2v) is 6.19. The molecule has 2 aromatic carbocycles. The number of aromatic amines is 1. The molecule has 0 saturated heterocycles. The highest BCUT2D eigenvalue weighted by molar-refractivity contribution is 9.10. The lowest BCUT2D eigenvalue weighted by Crippen LogP contribution is -2.08. The largest absolute Gasteiger partial charge is 0.449 e. The van der Waals surface area contributed by atoms with Crippen LogP contribution in [0.25, 0.3) is 33.5 Å². The Kier molecular flexibility index (Phi) is 3.06. The van der Waals surface area contributed by atoms with Crippen LogP contribution in [0.3, 0.4) is 0 Å². The van der Waals surface area contributed by atoms with E-state index < -0.39 is 0 Å². The fourth-order valence-corrected chi connectivity index (χ4v) is 2.86. The van der Waals surface area contributed by atoms with E-state index in [1.165, 1.54) is 0 Å². The minimum atomic E-state index is -0.303. The number of fused-ring (bicyclic) bond motifs is 3. The maximum atomic E-state index is 12.3. The molecule has 0 unspecified atom stereocenters. The first-order chi connectivity index (χ1) is 10.6. The van der Waals surface area contributed by atoms with Crippen LogP contribution in [0.2, 0.25) is 5.02 Å². The van der Waals surface area contributed by atoms with Crippen LogP contribution in [0.5, 0.6) is 0 Å². The Bertz CT molecular complexity index is 1070. The molecule has 0 aliphatic carbocycles. The van der Waals surface area contributed by atoms with Crippen LogP contribution >= 0.6 is 27.5 Å². The predicted octanol–water partition coefficient (Wildman–Crippen LogP) is 4.75. The van der Waals surface area contributed by atoms with Gasteiger partial charge in [-0.05, 0) is 42.5 Å². The molecule has 0 aliphatic rings. The fourth-order valence-electron chi connectivity index (χ4n) is 2.37. The van der Waals surface area contributed by atoms with Gasteiger partial charge in [-0.3, -0.25) is 4.79 Å². The summed E-state index contributed by atoms with van der Waals surface area (Å²) in [6.07, 6.45) is 0. The van der Waals surface area contributed by atoms with Gasteiger partial charge in [-0.1, -0.05) is 27.5 Å². The molecule has 4 aromatic rings. The predicted molar refractivity (Wildman–Crippen MR) is 90.3 cm³/mol. The van der Waals surface area contributed by atoms with Crippen LogP contribution in [0.4, 0.5) is 0 Å². The first-order valence-electron chi connectivity index (χ1n) is 6.50. The van der Waals surface area contributed by atoms with Crippen molar-refractivity contribution in [1.29, 1.82) is 0 Å². The van der Waals surface area contributed by atoms with Gasteiger partial charge in [0, 0.05) is 20.4 Å². The zero-order chi connectivity index (χ0) is 15.3. The van der Waals surface area contributed by atoms with Crippen LogP contribution in [0.15, 0.2) is 56.1 Å². The van der Waals surface area contributed by atoms with Crippen molar-refractivity contribution in [2.75, 3.05) is 0 Å². The highest BCUT2D eigenvalue weighted by Gasteiger charge is 2.14. The molecule has 108 valence electrons. The van der Waals surface area contributed by atoms with Crippen molar-refractivity contribution in [2.24, 2.45) is 0 Å². The lowest BCUT2D eigenvalue weighted by atomic mass is 10.2. The van der Waals surface area contributed by atoms with Gasteiger partial charge in [0.05, 0.1) is 0 Å². The van der Waals surface area contributed by atoms with E-state index in [-0.39, 0.29) is 11.1 Å². The average Bonchev–Trinajstić information content (AvgIpc) is 2.87. The molecular formula is C16H8BrClN2O2. The van der Waals surface area contributed by atoms with Gasteiger partial charge < -0.3 is 9.40 Å². The molecule has 0 aliphatic heterocycles. The summed E-state index contributed by atoms with van der Waals surface area (Å²) in [5.41, 5.74) is 1.88. The smallest absolute Gasteiger partial charge is 0.294 e. The van der Waals surface area contributed by atoms with Crippen LogP contribution in [-0.4, -0.2) is 9.97 Å². The van der Waals surface area contributed by atoms with Crippen molar-refractivity contribution < 1.29 is 4.42 Å². The van der Waals surface area contributed by atoms with E-state index in [0.29, 0.717) is 21.9 Å². The number of hydrogen-bond acceptors (Lipinski definition) is 3. The number of aromatic nitrogens is 2. The maximum Gasteiger partial charge on any atom is 0.294 e. The summed E-state index contributed by atoms with van der Waals surface area (Å²) in [7, 11) is 0. The zero-order valence-electron chi connectivity index (χ0n) is 11.1. The van der Waals surface area contributed by atoms with E-state index in [9.17, 15) is 4.79 Å². The molecule has 0 atom stereocenters. The standard InChI is InChI=1S/C16H8BrClN2O2/c17-9-3-6-12-11(7-9)13-14(22-12)16(21)20-15(19-13)8-1-4-10(18)5-2-8/h1-7H,(H,19,20,21). The van der Waals surface area contributed by atoms with E-state index in [0.717, 1.165) is 15.4 Å². The highest BCUT2D eigenvalue weighted by atomic mass is 79.9. The van der Waals surface area contributed by atoms with Gasteiger partial charge in [0.15, 0.2) is 0 Å². The third-order valence-corrected chi connectivity index (χ3v) is 4.15. The summed E-state index contributed by atoms with van der Waals surface area (Å²) in [6.45, 7) is 0. The number of halogens is 2. The van der Waals surface area contributed by atoms with Gasteiger partial charge in [-0.15, -0.1) is 0 Å². The summed E-state index contributed by atoms with van der Waals surface area (Å²) in [5.74, 6) is 0.483. The highest BCUT2D eigenvalue weighted by Crippen LogP contribution is 2.29. The number of benzene rings is 2. The molecular weight excluding hydrogens is 368 g/mol. The lowest BCUT2D eigenvalue weighted by Gasteiger charge is -2.00. The number of rotatable bonds is 1. The molecule has 0 amide bonds. The van der Waals surface area contributed by atoms with Crippen molar-refractivity contribution >= 4 is 49.6 Å². The second-order valence-electron chi connectivity index (χ2n) is 4.84. The Morgan fingerprint density at radius 3 is 2.68 bits per heavy atom. The average molecular weight is 376 g/mol.